The molecular weight excluding hydrogens is 340 g/mol. The Morgan fingerprint density at radius 3 is 2.35 bits per heavy atom. The van der Waals surface area contributed by atoms with E-state index in [9.17, 15) is 8.42 Å². The molecule has 1 N–H and O–H groups in total. The van der Waals surface area contributed by atoms with Gasteiger partial charge in [-0.3, -0.25) is 0 Å². The molecule has 0 atom stereocenters. The van der Waals surface area contributed by atoms with Gasteiger partial charge in [0, 0.05) is 17.1 Å². The molecule has 0 aliphatic carbocycles. The monoisotopic (exact) mass is 352 g/mol. The molecule has 0 aromatic heterocycles. The lowest BCUT2D eigenvalue weighted by molar-refractivity contribution is 0.584. The minimum Gasteiger partial charge on any atom is -0.200 e. The lowest BCUT2D eigenvalue weighted by Gasteiger charge is -2.03. The minimum atomic E-state index is -3.60. The van der Waals surface area contributed by atoms with Crippen LogP contribution in [0.5, 0.6) is 0 Å². The molecule has 0 aliphatic heterocycles. The average molecular weight is 353 g/mol. The number of hydrogen-bond donors (Lipinski definition) is 1. The molecular formula is C14H13BrN2O2S. The molecule has 20 heavy (non-hydrogen) atoms. The Bertz CT molecular complexity index is 683. The first-order valence-corrected chi connectivity index (χ1v) is 8.18. The van der Waals surface area contributed by atoms with Gasteiger partial charge in [0.1, 0.15) is 0 Å². The summed E-state index contributed by atoms with van der Waals surface area (Å²) in [5, 5.41) is 3.76. The smallest absolute Gasteiger partial charge is 0.200 e. The Morgan fingerprint density at radius 1 is 1.05 bits per heavy atom. The number of nitrogens with one attached hydrogen (secondary N) is 1. The van der Waals surface area contributed by atoms with E-state index in [0.29, 0.717) is 6.42 Å². The third-order valence-corrected chi connectivity index (χ3v) is 4.33. The van der Waals surface area contributed by atoms with Crippen LogP contribution in [0.1, 0.15) is 5.56 Å². The van der Waals surface area contributed by atoms with Crippen LogP contribution < -0.4 is 4.83 Å². The van der Waals surface area contributed by atoms with Gasteiger partial charge in [-0.15, -0.1) is 0 Å². The highest BCUT2D eigenvalue weighted by molar-refractivity contribution is 9.10. The van der Waals surface area contributed by atoms with Gasteiger partial charge in [0.05, 0.1) is 4.90 Å². The van der Waals surface area contributed by atoms with Crippen molar-refractivity contribution in [2.24, 2.45) is 5.10 Å². The lowest BCUT2D eigenvalue weighted by atomic mass is 10.2. The largest absolute Gasteiger partial charge is 0.276 e. The second-order valence-corrected chi connectivity index (χ2v) is 6.63. The van der Waals surface area contributed by atoms with Crippen molar-refractivity contribution >= 4 is 32.2 Å². The zero-order valence-electron chi connectivity index (χ0n) is 10.5. The van der Waals surface area contributed by atoms with Crippen molar-refractivity contribution in [1.82, 2.24) is 4.83 Å². The van der Waals surface area contributed by atoms with Crippen LogP contribution in [-0.2, 0) is 16.4 Å². The molecule has 4 nitrogen and oxygen atoms in total. The number of rotatable bonds is 5. The molecule has 0 bridgehead atoms. The molecule has 2 aromatic rings. The number of sulfonamides is 1. The van der Waals surface area contributed by atoms with Crippen molar-refractivity contribution in [2.45, 2.75) is 11.3 Å². The van der Waals surface area contributed by atoms with E-state index in [0.717, 1.165) is 10.0 Å². The van der Waals surface area contributed by atoms with Gasteiger partial charge in [0.25, 0.3) is 10.0 Å². The van der Waals surface area contributed by atoms with Gasteiger partial charge in [0.2, 0.25) is 0 Å². The molecule has 104 valence electrons. The van der Waals surface area contributed by atoms with Gasteiger partial charge >= 0.3 is 0 Å². The van der Waals surface area contributed by atoms with Crippen molar-refractivity contribution < 1.29 is 8.42 Å². The topological polar surface area (TPSA) is 58.5 Å². The van der Waals surface area contributed by atoms with Gasteiger partial charge in [-0.05, 0) is 29.8 Å². The zero-order chi connectivity index (χ0) is 14.4. The number of nitrogens with zero attached hydrogens (tertiary/aromatic N) is 1. The van der Waals surface area contributed by atoms with E-state index in [1.54, 1.807) is 12.1 Å². The van der Waals surface area contributed by atoms with Crippen LogP contribution in [0.3, 0.4) is 0 Å². The summed E-state index contributed by atoms with van der Waals surface area (Å²) in [6.07, 6.45) is 2.11. The fourth-order valence-electron chi connectivity index (χ4n) is 1.54. The molecule has 2 rings (SSSR count). The van der Waals surface area contributed by atoms with Gasteiger partial charge in [-0.2, -0.15) is 13.5 Å². The second-order valence-electron chi connectivity index (χ2n) is 4.05. The first-order valence-electron chi connectivity index (χ1n) is 5.91. The van der Waals surface area contributed by atoms with E-state index in [1.165, 1.54) is 18.3 Å². The molecule has 0 fully saturated rings. The quantitative estimate of drug-likeness (QED) is 0.664. The van der Waals surface area contributed by atoms with Crippen LogP contribution in [0, 0.1) is 0 Å². The molecule has 0 amide bonds. The van der Waals surface area contributed by atoms with E-state index in [4.69, 9.17) is 0 Å². The van der Waals surface area contributed by atoms with Crippen molar-refractivity contribution in [3.63, 3.8) is 0 Å². The van der Waals surface area contributed by atoms with Crippen molar-refractivity contribution in [3.8, 4) is 0 Å². The molecule has 0 unspecified atom stereocenters. The second kappa shape index (κ2) is 6.67. The van der Waals surface area contributed by atoms with Crippen molar-refractivity contribution in [3.05, 3.63) is 64.6 Å². The summed E-state index contributed by atoms with van der Waals surface area (Å²) in [7, 11) is -3.60. The Kier molecular flexibility index (Phi) is 4.92. The molecule has 0 saturated carbocycles. The summed E-state index contributed by atoms with van der Waals surface area (Å²) in [5.74, 6) is 0. The third kappa shape index (κ3) is 4.18. The predicted molar refractivity (Wildman–Crippen MR) is 83.1 cm³/mol. The first-order chi connectivity index (χ1) is 9.58. The maximum Gasteiger partial charge on any atom is 0.276 e. The Morgan fingerprint density at radius 2 is 1.70 bits per heavy atom. The normalized spacial score (nSPS) is 11.7. The fourth-order valence-corrected chi connectivity index (χ4v) is 2.62. The highest BCUT2D eigenvalue weighted by Crippen LogP contribution is 2.14. The number of hydrazone groups is 1. The molecule has 0 radical (unpaired) electrons. The maximum absolute atomic E-state index is 11.9. The summed E-state index contributed by atoms with van der Waals surface area (Å²) in [6.45, 7) is 0. The molecule has 2 aromatic carbocycles. The Balaban J connectivity index is 1.97. The third-order valence-electron chi connectivity index (χ3n) is 2.56. The predicted octanol–water partition coefficient (Wildman–Crippen LogP) is 2.96. The standard InChI is InChI=1S/C14H13BrN2O2S/c15-13-6-8-14(9-7-13)20(18,19)17-16-11-10-12-4-2-1-3-5-12/h1-9,11,17H,10H2. The highest BCUT2D eigenvalue weighted by atomic mass is 79.9. The van der Waals surface area contributed by atoms with Crippen LogP contribution >= 0.6 is 15.9 Å². The van der Waals surface area contributed by atoms with Crippen molar-refractivity contribution in [2.75, 3.05) is 0 Å². The first kappa shape index (κ1) is 14.7. The zero-order valence-corrected chi connectivity index (χ0v) is 12.9. The van der Waals surface area contributed by atoms with E-state index in [1.807, 2.05) is 30.3 Å². The average Bonchev–Trinajstić information content (AvgIpc) is 2.45. The number of hydrogen-bond acceptors (Lipinski definition) is 3. The molecule has 6 heteroatoms. The van der Waals surface area contributed by atoms with Crippen LogP contribution in [0.4, 0.5) is 0 Å². The van der Waals surface area contributed by atoms with Crippen LogP contribution in [0.2, 0.25) is 0 Å². The SMILES string of the molecule is O=S(=O)(NN=CCc1ccccc1)c1ccc(Br)cc1. The summed E-state index contributed by atoms with van der Waals surface area (Å²) in [5.41, 5.74) is 1.07. The van der Waals surface area contributed by atoms with Gasteiger partial charge in [-0.1, -0.05) is 46.3 Å². The summed E-state index contributed by atoms with van der Waals surface area (Å²) < 4.78 is 24.7. The fraction of sp³-hybridized carbons (Fsp3) is 0.0714. The van der Waals surface area contributed by atoms with E-state index >= 15 is 0 Å². The summed E-state index contributed by atoms with van der Waals surface area (Å²) >= 11 is 3.26. The van der Waals surface area contributed by atoms with E-state index in [2.05, 4.69) is 25.9 Å². The van der Waals surface area contributed by atoms with Crippen molar-refractivity contribution in [1.29, 1.82) is 0 Å². The van der Waals surface area contributed by atoms with Gasteiger partial charge in [0.15, 0.2) is 0 Å². The van der Waals surface area contributed by atoms with E-state index in [-0.39, 0.29) is 4.90 Å². The van der Waals surface area contributed by atoms with Crippen LogP contribution in [0.25, 0.3) is 0 Å². The van der Waals surface area contributed by atoms with Gasteiger partial charge < -0.3 is 0 Å². The maximum atomic E-state index is 11.9. The number of halogens is 1. The summed E-state index contributed by atoms with van der Waals surface area (Å²) in [4.78, 5) is 2.37. The molecule has 0 spiro atoms. The molecule has 0 aliphatic rings. The lowest BCUT2D eigenvalue weighted by Crippen LogP contribution is -2.18. The highest BCUT2D eigenvalue weighted by Gasteiger charge is 2.11. The summed E-state index contributed by atoms with van der Waals surface area (Å²) in [6, 6.07) is 16.1. The van der Waals surface area contributed by atoms with E-state index < -0.39 is 10.0 Å². The van der Waals surface area contributed by atoms with Crippen LogP contribution in [-0.4, -0.2) is 14.6 Å². The number of benzene rings is 2. The Hall–Kier alpha value is -1.66. The minimum absolute atomic E-state index is 0.178. The van der Waals surface area contributed by atoms with Gasteiger partial charge in [-0.25, -0.2) is 4.83 Å². The van der Waals surface area contributed by atoms with Crippen LogP contribution in [0.15, 0.2) is 69.1 Å². The molecule has 0 heterocycles. The Labute approximate surface area is 126 Å². The molecule has 0 saturated heterocycles.